The van der Waals surface area contributed by atoms with E-state index in [-0.39, 0.29) is 28.5 Å². The van der Waals surface area contributed by atoms with E-state index in [9.17, 15) is 24.5 Å². The molecule has 0 aliphatic rings. The number of rotatable bonds is 8. The Bertz CT molecular complexity index is 953. The normalized spacial score (nSPS) is 10.0. The molecule has 0 heterocycles. The number of ether oxygens (including phenoxy) is 3. The number of Topliss-reactive ketones (excluding diaryl/α,β-unsaturated/α-hetero) is 1. The fourth-order valence-electron chi connectivity index (χ4n) is 2.42. The Morgan fingerprint density at radius 2 is 1.62 bits per heavy atom. The van der Waals surface area contributed by atoms with Gasteiger partial charge in [-0.2, -0.15) is 0 Å². The molecule has 0 aromatic heterocycles. The van der Waals surface area contributed by atoms with E-state index < -0.39 is 29.0 Å². The van der Waals surface area contributed by atoms with Gasteiger partial charge in [-0.3, -0.25) is 19.7 Å². The smallest absolute Gasteiger partial charge is 0.345 e. The van der Waals surface area contributed by atoms with Crippen LogP contribution >= 0.6 is 0 Å². The fourth-order valence-corrected chi connectivity index (χ4v) is 2.42. The lowest BCUT2D eigenvalue weighted by molar-refractivity contribution is -0.385. The lowest BCUT2D eigenvalue weighted by Gasteiger charge is -2.10. The number of hydrogen-bond donors (Lipinski definition) is 1. The van der Waals surface area contributed by atoms with Crippen molar-refractivity contribution in [3.05, 3.63) is 57.6 Å². The summed E-state index contributed by atoms with van der Waals surface area (Å²) in [6.45, 7) is 0.732. The molecule has 1 N–H and O–H groups in total. The average Bonchev–Trinajstić information content (AvgIpc) is 2.70. The summed E-state index contributed by atoms with van der Waals surface area (Å²) in [6.07, 6.45) is 0. The van der Waals surface area contributed by atoms with Gasteiger partial charge in [0.1, 0.15) is 5.56 Å². The number of nitrogens with zero attached hydrogens (tertiary/aromatic N) is 1. The Hall–Kier alpha value is -3.95. The van der Waals surface area contributed by atoms with Crippen molar-refractivity contribution < 1.29 is 33.5 Å². The summed E-state index contributed by atoms with van der Waals surface area (Å²) >= 11 is 0. The van der Waals surface area contributed by atoms with Crippen molar-refractivity contribution in [1.29, 1.82) is 0 Å². The van der Waals surface area contributed by atoms with Gasteiger partial charge in [-0.15, -0.1) is 0 Å². The zero-order chi connectivity index (χ0) is 21.6. The number of benzene rings is 2. The molecule has 2 rings (SSSR count). The third-order valence-corrected chi connectivity index (χ3v) is 3.78. The maximum atomic E-state index is 12.3. The predicted octanol–water partition coefficient (Wildman–Crippen LogP) is 2.61. The standard InChI is InChI=1S/C19H18N2O8/c1-11(22)20-13-6-4-12(5-7-13)16(23)10-29-19(24)14-8-17(27-2)18(28-3)9-15(14)21(25)26/h4-9H,10H2,1-3H3,(H,20,22). The van der Waals surface area contributed by atoms with Crippen molar-refractivity contribution >= 4 is 29.0 Å². The predicted molar refractivity (Wildman–Crippen MR) is 102 cm³/mol. The molecule has 0 aliphatic heterocycles. The van der Waals surface area contributed by atoms with Crippen molar-refractivity contribution in [3.8, 4) is 11.5 Å². The zero-order valence-electron chi connectivity index (χ0n) is 15.9. The molecule has 0 radical (unpaired) electrons. The average molecular weight is 402 g/mol. The number of nitro benzene ring substituents is 1. The van der Waals surface area contributed by atoms with Crippen LogP contribution in [0.15, 0.2) is 36.4 Å². The topological polar surface area (TPSA) is 134 Å². The number of esters is 1. The van der Waals surface area contributed by atoms with E-state index in [0.717, 1.165) is 12.1 Å². The van der Waals surface area contributed by atoms with E-state index in [0.29, 0.717) is 5.69 Å². The van der Waals surface area contributed by atoms with Crippen LogP contribution < -0.4 is 14.8 Å². The number of amides is 1. The van der Waals surface area contributed by atoms with E-state index in [1.165, 1.54) is 45.4 Å². The van der Waals surface area contributed by atoms with E-state index in [2.05, 4.69) is 5.32 Å². The molecule has 0 spiro atoms. The van der Waals surface area contributed by atoms with Crippen molar-refractivity contribution in [2.75, 3.05) is 26.1 Å². The molecule has 10 heteroatoms. The molecular weight excluding hydrogens is 384 g/mol. The largest absolute Gasteiger partial charge is 0.493 e. The Kier molecular flexibility index (Phi) is 6.85. The van der Waals surface area contributed by atoms with Gasteiger partial charge in [0.15, 0.2) is 23.9 Å². The zero-order valence-corrected chi connectivity index (χ0v) is 15.9. The van der Waals surface area contributed by atoms with E-state index in [4.69, 9.17) is 14.2 Å². The van der Waals surface area contributed by atoms with Crippen LogP contribution in [0.4, 0.5) is 11.4 Å². The fraction of sp³-hybridized carbons (Fsp3) is 0.211. The minimum absolute atomic E-state index is 0.0751. The summed E-state index contributed by atoms with van der Waals surface area (Å²) in [5.41, 5.74) is -0.165. The first-order valence-corrected chi connectivity index (χ1v) is 8.25. The molecule has 0 fully saturated rings. The van der Waals surface area contributed by atoms with Crippen molar-refractivity contribution in [2.24, 2.45) is 0 Å². The summed E-state index contributed by atoms with van der Waals surface area (Å²) in [5, 5.41) is 13.8. The number of carbonyl (C=O) groups is 3. The van der Waals surface area contributed by atoms with Crippen LogP contribution in [-0.4, -0.2) is 43.4 Å². The van der Waals surface area contributed by atoms with E-state index >= 15 is 0 Å². The third-order valence-electron chi connectivity index (χ3n) is 3.78. The highest BCUT2D eigenvalue weighted by Crippen LogP contribution is 2.34. The lowest BCUT2D eigenvalue weighted by atomic mass is 10.1. The second kappa shape index (κ2) is 9.31. The van der Waals surface area contributed by atoms with Crippen molar-refractivity contribution in [1.82, 2.24) is 0 Å². The summed E-state index contributed by atoms with van der Waals surface area (Å²) in [5.74, 6) is -1.65. The highest BCUT2D eigenvalue weighted by molar-refractivity contribution is 6.01. The van der Waals surface area contributed by atoms with Gasteiger partial charge in [0.25, 0.3) is 5.69 Å². The number of ketones is 1. The molecule has 0 saturated carbocycles. The van der Waals surface area contributed by atoms with Gasteiger partial charge in [0.05, 0.1) is 25.2 Å². The number of carbonyl (C=O) groups excluding carboxylic acids is 3. The van der Waals surface area contributed by atoms with Gasteiger partial charge >= 0.3 is 5.97 Å². The first-order valence-electron chi connectivity index (χ1n) is 8.25. The monoisotopic (exact) mass is 402 g/mol. The number of nitro groups is 1. The van der Waals surface area contributed by atoms with Crippen LogP contribution in [0.5, 0.6) is 11.5 Å². The third kappa shape index (κ3) is 5.28. The van der Waals surface area contributed by atoms with Gasteiger partial charge in [0, 0.05) is 24.2 Å². The van der Waals surface area contributed by atoms with Crippen LogP contribution in [0.3, 0.4) is 0 Å². The number of methoxy groups -OCH3 is 2. The molecule has 2 aromatic carbocycles. The summed E-state index contributed by atoms with van der Waals surface area (Å²) < 4.78 is 15.0. The first kappa shape index (κ1) is 21.4. The Morgan fingerprint density at radius 1 is 1.03 bits per heavy atom. The van der Waals surface area contributed by atoms with Crippen molar-refractivity contribution in [3.63, 3.8) is 0 Å². The Balaban J connectivity index is 2.15. The molecule has 0 unspecified atom stereocenters. The molecule has 0 bridgehead atoms. The summed E-state index contributed by atoms with van der Waals surface area (Å²) in [6, 6.07) is 8.12. The van der Waals surface area contributed by atoms with Gasteiger partial charge in [-0.05, 0) is 24.3 Å². The van der Waals surface area contributed by atoms with Gasteiger partial charge < -0.3 is 19.5 Å². The Labute approximate surface area is 165 Å². The highest BCUT2D eigenvalue weighted by Gasteiger charge is 2.26. The second-order valence-electron chi connectivity index (χ2n) is 5.74. The molecule has 2 aromatic rings. The van der Waals surface area contributed by atoms with Gasteiger partial charge in [0.2, 0.25) is 5.91 Å². The quantitative estimate of drug-likeness (QED) is 0.308. The van der Waals surface area contributed by atoms with Crippen LogP contribution in [0.2, 0.25) is 0 Å². The SMILES string of the molecule is COc1cc(C(=O)OCC(=O)c2ccc(NC(C)=O)cc2)c([N+](=O)[O-])cc1OC. The van der Waals surface area contributed by atoms with Crippen LogP contribution in [0, 0.1) is 10.1 Å². The second-order valence-corrected chi connectivity index (χ2v) is 5.74. The molecule has 0 atom stereocenters. The lowest BCUT2D eigenvalue weighted by Crippen LogP contribution is -2.16. The number of nitrogens with one attached hydrogen (secondary N) is 1. The molecule has 1 amide bonds. The minimum atomic E-state index is -1.05. The number of hydrogen-bond acceptors (Lipinski definition) is 8. The summed E-state index contributed by atoms with van der Waals surface area (Å²) in [7, 11) is 2.61. The van der Waals surface area contributed by atoms with Gasteiger partial charge in [-0.25, -0.2) is 4.79 Å². The first-order chi connectivity index (χ1) is 13.8. The van der Waals surface area contributed by atoms with Crippen LogP contribution in [-0.2, 0) is 9.53 Å². The minimum Gasteiger partial charge on any atom is -0.493 e. The van der Waals surface area contributed by atoms with Gasteiger partial charge in [-0.1, -0.05) is 0 Å². The van der Waals surface area contributed by atoms with E-state index in [1.807, 2.05) is 0 Å². The highest BCUT2D eigenvalue weighted by atomic mass is 16.6. The molecular formula is C19H18N2O8. The Morgan fingerprint density at radius 3 is 2.14 bits per heavy atom. The molecule has 0 saturated heterocycles. The molecule has 0 aliphatic carbocycles. The molecule has 29 heavy (non-hydrogen) atoms. The van der Waals surface area contributed by atoms with Crippen LogP contribution in [0.25, 0.3) is 0 Å². The maximum absolute atomic E-state index is 12.3. The number of anilines is 1. The van der Waals surface area contributed by atoms with Crippen LogP contribution in [0.1, 0.15) is 27.6 Å². The van der Waals surface area contributed by atoms with Crippen molar-refractivity contribution in [2.45, 2.75) is 6.92 Å². The molecule has 152 valence electrons. The van der Waals surface area contributed by atoms with E-state index in [1.54, 1.807) is 0 Å². The summed E-state index contributed by atoms with van der Waals surface area (Å²) in [4.78, 5) is 46.0. The molecule has 10 nitrogen and oxygen atoms in total. The maximum Gasteiger partial charge on any atom is 0.345 e.